The lowest BCUT2D eigenvalue weighted by Crippen LogP contribution is -2.21. The van der Waals surface area contributed by atoms with E-state index in [-0.39, 0.29) is 18.1 Å². The molecule has 0 radical (unpaired) electrons. The van der Waals surface area contributed by atoms with Crippen LogP contribution in [0.4, 0.5) is 23.2 Å². The van der Waals surface area contributed by atoms with E-state index in [2.05, 4.69) is 10.1 Å². The number of hydrogen-bond acceptors (Lipinski definition) is 3. The van der Waals surface area contributed by atoms with Crippen LogP contribution < -0.4 is 10.1 Å². The number of nitrogens with one attached hydrogen (secondary N) is 1. The van der Waals surface area contributed by atoms with Crippen molar-refractivity contribution in [3.8, 4) is 5.75 Å². The van der Waals surface area contributed by atoms with Crippen LogP contribution in [0.5, 0.6) is 5.75 Å². The molecule has 1 rings (SSSR count). The smallest absolute Gasteiger partial charge is 0.406 e. The van der Waals surface area contributed by atoms with Crippen LogP contribution in [-0.4, -0.2) is 30.0 Å². The van der Waals surface area contributed by atoms with Crippen molar-refractivity contribution in [2.45, 2.75) is 12.5 Å². The van der Waals surface area contributed by atoms with Gasteiger partial charge in [0.25, 0.3) is 0 Å². The van der Waals surface area contributed by atoms with E-state index in [0.29, 0.717) is 0 Å². The molecule has 0 spiro atoms. The summed E-state index contributed by atoms with van der Waals surface area (Å²) in [6.45, 7) is -0.0874. The van der Waals surface area contributed by atoms with Crippen molar-refractivity contribution in [2.75, 3.05) is 17.7 Å². The molecule has 0 aliphatic heterocycles. The van der Waals surface area contributed by atoms with Gasteiger partial charge in [0.05, 0.1) is 17.7 Å². The molecule has 0 aliphatic carbocycles. The minimum absolute atomic E-state index is 0.0760. The molecule has 1 aromatic rings. The van der Waals surface area contributed by atoms with Crippen LogP contribution in [-0.2, 0) is 0 Å². The highest BCUT2D eigenvalue weighted by molar-refractivity contribution is 6.18. The Balaban J connectivity index is 2.75. The summed E-state index contributed by atoms with van der Waals surface area (Å²) >= 11 is 5.32. The van der Waals surface area contributed by atoms with Gasteiger partial charge in [0, 0.05) is 12.6 Å². The largest absolute Gasteiger partial charge is 0.573 e. The van der Waals surface area contributed by atoms with Crippen LogP contribution in [0, 0.1) is 5.82 Å². The van der Waals surface area contributed by atoms with Gasteiger partial charge in [0.1, 0.15) is 11.6 Å². The molecule has 102 valence electrons. The Morgan fingerprint density at radius 2 is 2.06 bits per heavy atom. The first-order valence-corrected chi connectivity index (χ1v) is 5.38. The Morgan fingerprint density at radius 3 is 2.61 bits per heavy atom. The summed E-state index contributed by atoms with van der Waals surface area (Å²) in [4.78, 5) is 0. The Hall–Kier alpha value is -1.21. The molecule has 0 saturated carbocycles. The molecule has 0 saturated heterocycles. The SMILES string of the molecule is OC(CCl)CNc1cc(OC(F)(F)F)ccc1F. The maximum absolute atomic E-state index is 13.2. The minimum Gasteiger partial charge on any atom is -0.406 e. The molecule has 0 fully saturated rings. The normalized spacial score (nSPS) is 13.2. The van der Waals surface area contributed by atoms with Gasteiger partial charge in [0.15, 0.2) is 0 Å². The van der Waals surface area contributed by atoms with Crippen molar-refractivity contribution >= 4 is 17.3 Å². The van der Waals surface area contributed by atoms with Crippen LogP contribution in [0.2, 0.25) is 0 Å². The van der Waals surface area contributed by atoms with Gasteiger partial charge in [-0.25, -0.2) is 4.39 Å². The number of hydrogen-bond donors (Lipinski definition) is 2. The Kier molecular flexibility index (Phi) is 5.03. The molecule has 0 aromatic heterocycles. The van der Waals surface area contributed by atoms with Crippen molar-refractivity contribution in [1.82, 2.24) is 0 Å². The molecule has 8 heteroatoms. The average Bonchev–Trinajstić information content (AvgIpc) is 2.27. The highest BCUT2D eigenvalue weighted by atomic mass is 35.5. The maximum Gasteiger partial charge on any atom is 0.573 e. The van der Waals surface area contributed by atoms with Crippen LogP contribution in [0.25, 0.3) is 0 Å². The number of rotatable bonds is 5. The number of aliphatic hydroxyl groups is 1. The molecule has 2 N–H and O–H groups in total. The third-order valence-corrected chi connectivity index (χ3v) is 2.23. The lowest BCUT2D eigenvalue weighted by atomic mass is 10.2. The van der Waals surface area contributed by atoms with Crippen molar-refractivity contribution in [3.63, 3.8) is 0 Å². The Morgan fingerprint density at radius 1 is 1.39 bits per heavy atom. The first kappa shape index (κ1) is 14.8. The summed E-state index contributed by atoms with van der Waals surface area (Å²) in [6, 6.07) is 2.53. The third kappa shape index (κ3) is 4.97. The summed E-state index contributed by atoms with van der Waals surface area (Å²) in [7, 11) is 0. The Labute approximate surface area is 105 Å². The monoisotopic (exact) mass is 287 g/mol. The van der Waals surface area contributed by atoms with Gasteiger partial charge in [-0.05, 0) is 12.1 Å². The standard InChI is InChI=1S/C10H10ClF4NO2/c11-4-6(17)5-16-9-3-7(1-2-8(9)12)18-10(13,14)15/h1-3,6,16-17H,4-5H2. The van der Waals surface area contributed by atoms with E-state index in [9.17, 15) is 17.6 Å². The molecular weight excluding hydrogens is 278 g/mol. The molecule has 0 bridgehead atoms. The molecule has 1 aromatic carbocycles. The summed E-state index contributed by atoms with van der Waals surface area (Å²) in [6.07, 6.45) is -5.77. The lowest BCUT2D eigenvalue weighted by molar-refractivity contribution is -0.274. The zero-order valence-electron chi connectivity index (χ0n) is 8.97. The second-order valence-electron chi connectivity index (χ2n) is 3.38. The molecule has 18 heavy (non-hydrogen) atoms. The summed E-state index contributed by atoms with van der Waals surface area (Å²) < 4.78 is 52.7. The third-order valence-electron chi connectivity index (χ3n) is 1.88. The van der Waals surface area contributed by atoms with E-state index in [0.717, 1.165) is 18.2 Å². The van der Waals surface area contributed by atoms with Gasteiger partial charge in [-0.1, -0.05) is 0 Å². The van der Waals surface area contributed by atoms with Crippen LogP contribution in [0.1, 0.15) is 0 Å². The summed E-state index contributed by atoms with van der Waals surface area (Å²) in [5.74, 6) is -1.38. The van der Waals surface area contributed by atoms with Crippen molar-refractivity contribution in [2.24, 2.45) is 0 Å². The second kappa shape index (κ2) is 6.10. The zero-order chi connectivity index (χ0) is 13.8. The van der Waals surface area contributed by atoms with Crippen molar-refractivity contribution in [1.29, 1.82) is 0 Å². The quantitative estimate of drug-likeness (QED) is 0.646. The summed E-state index contributed by atoms with van der Waals surface area (Å²) in [5.41, 5.74) is -0.207. The molecule has 3 nitrogen and oxygen atoms in total. The molecule has 0 aliphatic rings. The van der Waals surface area contributed by atoms with E-state index >= 15 is 0 Å². The van der Waals surface area contributed by atoms with Crippen LogP contribution >= 0.6 is 11.6 Å². The maximum atomic E-state index is 13.2. The number of aliphatic hydroxyl groups excluding tert-OH is 1. The van der Waals surface area contributed by atoms with E-state index in [1.165, 1.54) is 0 Å². The number of anilines is 1. The fraction of sp³-hybridized carbons (Fsp3) is 0.400. The van der Waals surface area contributed by atoms with E-state index in [1.807, 2.05) is 0 Å². The number of alkyl halides is 4. The van der Waals surface area contributed by atoms with Gasteiger partial charge in [0.2, 0.25) is 0 Å². The van der Waals surface area contributed by atoms with Crippen LogP contribution in [0.15, 0.2) is 18.2 Å². The average molecular weight is 288 g/mol. The first-order valence-electron chi connectivity index (χ1n) is 4.85. The molecule has 1 unspecified atom stereocenters. The highest BCUT2D eigenvalue weighted by Gasteiger charge is 2.31. The Bertz CT molecular complexity index is 400. The van der Waals surface area contributed by atoms with Crippen LogP contribution in [0.3, 0.4) is 0 Å². The fourth-order valence-electron chi connectivity index (χ4n) is 1.12. The molecule has 0 heterocycles. The van der Waals surface area contributed by atoms with Crippen molar-refractivity contribution < 1.29 is 27.4 Å². The van der Waals surface area contributed by atoms with Gasteiger partial charge in [-0.15, -0.1) is 24.8 Å². The predicted octanol–water partition coefficient (Wildman–Crippen LogP) is 2.74. The predicted molar refractivity (Wildman–Crippen MR) is 58.3 cm³/mol. The zero-order valence-corrected chi connectivity index (χ0v) is 9.72. The lowest BCUT2D eigenvalue weighted by Gasteiger charge is -2.13. The number of benzene rings is 1. The first-order chi connectivity index (χ1) is 8.31. The minimum atomic E-state index is -4.84. The topological polar surface area (TPSA) is 41.5 Å². The van der Waals surface area contributed by atoms with Gasteiger partial charge < -0.3 is 15.2 Å². The molecule has 1 atom stereocenters. The van der Waals surface area contributed by atoms with E-state index in [4.69, 9.17) is 16.7 Å². The summed E-state index contributed by atoms with van der Waals surface area (Å²) in [5, 5.41) is 11.6. The second-order valence-corrected chi connectivity index (χ2v) is 3.69. The fourth-order valence-corrected chi connectivity index (χ4v) is 1.23. The van der Waals surface area contributed by atoms with Gasteiger partial charge >= 0.3 is 6.36 Å². The molecule has 0 amide bonds. The highest BCUT2D eigenvalue weighted by Crippen LogP contribution is 2.26. The number of ether oxygens (including phenoxy) is 1. The molecular formula is C10H10ClF4NO2. The van der Waals surface area contributed by atoms with E-state index < -0.39 is 24.0 Å². The van der Waals surface area contributed by atoms with Gasteiger partial charge in [-0.3, -0.25) is 0 Å². The van der Waals surface area contributed by atoms with Crippen molar-refractivity contribution in [3.05, 3.63) is 24.0 Å². The number of halogens is 5. The van der Waals surface area contributed by atoms with Gasteiger partial charge in [-0.2, -0.15) is 0 Å². The van der Waals surface area contributed by atoms with E-state index in [1.54, 1.807) is 0 Å².